The lowest BCUT2D eigenvalue weighted by atomic mass is 9.89. The summed E-state index contributed by atoms with van der Waals surface area (Å²) in [6.07, 6.45) is 1.25. The summed E-state index contributed by atoms with van der Waals surface area (Å²) in [4.78, 5) is 22.7. The molecule has 0 aromatic heterocycles. The number of hydrogen-bond acceptors (Lipinski definition) is 6. The fourth-order valence-electron chi connectivity index (χ4n) is 2.16. The Kier molecular flexibility index (Phi) is 5.82. The monoisotopic (exact) mass is 271 g/mol. The van der Waals surface area contributed by atoms with E-state index in [2.05, 4.69) is 6.58 Å². The maximum Gasteiger partial charge on any atom is 0.355 e. The molecule has 0 spiro atoms. The summed E-state index contributed by atoms with van der Waals surface area (Å²) in [5.74, 6) is -0.751. The van der Waals surface area contributed by atoms with Crippen LogP contribution in [0, 0.1) is 11.8 Å². The Morgan fingerprint density at radius 1 is 1.63 bits per heavy atom. The molecule has 0 radical (unpaired) electrons. The maximum atomic E-state index is 11.4. The van der Waals surface area contributed by atoms with Gasteiger partial charge in [-0.05, 0) is 12.8 Å². The van der Waals surface area contributed by atoms with Crippen LogP contribution in [0.4, 0.5) is 0 Å². The molecule has 2 N–H and O–H groups in total. The number of esters is 2. The SMILES string of the molecule is C=C(N)C(=O)OC(CCC1COC(=O)C1CC)OC. The van der Waals surface area contributed by atoms with Gasteiger partial charge in [0.25, 0.3) is 0 Å². The van der Waals surface area contributed by atoms with Crippen molar-refractivity contribution in [2.24, 2.45) is 17.6 Å². The quantitative estimate of drug-likeness (QED) is 0.421. The van der Waals surface area contributed by atoms with Crippen LogP contribution in [0.2, 0.25) is 0 Å². The zero-order chi connectivity index (χ0) is 14.4. The predicted octanol–water partition coefficient (Wildman–Crippen LogP) is 0.954. The normalized spacial score (nSPS) is 23.8. The van der Waals surface area contributed by atoms with Gasteiger partial charge in [0.2, 0.25) is 6.29 Å². The lowest BCUT2D eigenvalue weighted by molar-refractivity contribution is -0.170. The van der Waals surface area contributed by atoms with E-state index in [0.717, 1.165) is 6.42 Å². The predicted molar refractivity (Wildman–Crippen MR) is 67.7 cm³/mol. The first-order chi connectivity index (χ1) is 8.99. The van der Waals surface area contributed by atoms with E-state index in [4.69, 9.17) is 19.9 Å². The van der Waals surface area contributed by atoms with Crippen molar-refractivity contribution < 1.29 is 23.8 Å². The molecular weight excluding hydrogens is 250 g/mol. The molecule has 1 heterocycles. The zero-order valence-corrected chi connectivity index (χ0v) is 11.4. The van der Waals surface area contributed by atoms with E-state index < -0.39 is 12.3 Å². The largest absolute Gasteiger partial charge is 0.465 e. The molecule has 108 valence electrons. The number of carbonyl (C=O) groups excluding carboxylic acids is 2. The summed E-state index contributed by atoms with van der Waals surface area (Å²) >= 11 is 0. The number of hydrogen-bond donors (Lipinski definition) is 1. The van der Waals surface area contributed by atoms with Gasteiger partial charge in [-0.3, -0.25) is 4.79 Å². The average Bonchev–Trinajstić information content (AvgIpc) is 2.74. The van der Waals surface area contributed by atoms with Gasteiger partial charge in [0.15, 0.2) is 0 Å². The molecule has 3 atom stereocenters. The van der Waals surface area contributed by atoms with Gasteiger partial charge in [-0.2, -0.15) is 0 Å². The molecule has 0 aromatic carbocycles. The summed E-state index contributed by atoms with van der Waals surface area (Å²) in [5, 5.41) is 0. The molecule has 0 bridgehead atoms. The first kappa shape index (κ1) is 15.5. The molecule has 6 nitrogen and oxygen atoms in total. The van der Waals surface area contributed by atoms with Crippen molar-refractivity contribution in [1.29, 1.82) is 0 Å². The lowest BCUT2D eigenvalue weighted by Crippen LogP contribution is -2.25. The molecule has 3 unspecified atom stereocenters. The van der Waals surface area contributed by atoms with Gasteiger partial charge >= 0.3 is 11.9 Å². The van der Waals surface area contributed by atoms with Gasteiger partial charge in [-0.15, -0.1) is 0 Å². The van der Waals surface area contributed by atoms with Gasteiger partial charge in [-0.25, -0.2) is 4.79 Å². The minimum Gasteiger partial charge on any atom is -0.465 e. The van der Waals surface area contributed by atoms with Crippen molar-refractivity contribution in [3.05, 3.63) is 12.3 Å². The number of cyclic esters (lactones) is 1. The minimum atomic E-state index is -0.683. The minimum absolute atomic E-state index is 0.0716. The highest BCUT2D eigenvalue weighted by molar-refractivity contribution is 5.86. The van der Waals surface area contributed by atoms with Crippen molar-refractivity contribution in [2.45, 2.75) is 32.5 Å². The summed E-state index contributed by atoms with van der Waals surface area (Å²) in [5.41, 5.74) is 5.07. The molecule has 0 amide bonds. The molecular formula is C13H21NO5. The second kappa shape index (κ2) is 7.13. The van der Waals surface area contributed by atoms with Crippen LogP contribution in [0.1, 0.15) is 26.2 Å². The lowest BCUT2D eigenvalue weighted by Gasteiger charge is -2.19. The van der Waals surface area contributed by atoms with Crippen molar-refractivity contribution in [1.82, 2.24) is 0 Å². The van der Waals surface area contributed by atoms with Crippen LogP contribution in [-0.2, 0) is 23.8 Å². The van der Waals surface area contributed by atoms with Crippen LogP contribution < -0.4 is 5.73 Å². The van der Waals surface area contributed by atoms with Crippen LogP contribution in [-0.4, -0.2) is 31.9 Å². The van der Waals surface area contributed by atoms with Crippen LogP contribution in [0.25, 0.3) is 0 Å². The highest BCUT2D eigenvalue weighted by atomic mass is 16.7. The molecule has 0 saturated carbocycles. The molecule has 1 rings (SSSR count). The maximum absolute atomic E-state index is 11.4. The topological polar surface area (TPSA) is 87.9 Å². The van der Waals surface area contributed by atoms with Crippen LogP contribution in [0.15, 0.2) is 12.3 Å². The number of ether oxygens (including phenoxy) is 3. The van der Waals surface area contributed by atoms with Gasteiger partial charge in [0, 0.05) is 19.4 Å². The fourth-order valence-corrected chi connectivity index (χ4v) is 2.16. The summed E-state index contributed by atoms with van der Waals surface area (Å²) in [6, 6.07) is 0. The Morgan fingerprint density at radius 3 is 2.84 bits per heavy atom. The molecule has 0 aromatic rings. The standard InChI is InChI=1S/C13H21NO5/c1-4-10-9(7-18-13(10)16)5-6-11(17-3)19-12(15)8(2)14/h9-11H,2,4-7,14H2,1,3H3. The fraction of sp³-hybridized carbons (Fsp3) is 0.692. The van der Waals surface area contributed by atoms with E-state index in [1.807, 2.05) is 6.92 Å². The van der Waals surface area contributed by atoms with Gasteiger partial charge < -0.3 is 19.9 Å². The third-order valence-corrected chi connectivity index (χ3v) is 3.29. The molecule has 1 saturated heterocycles. The molecule has 1 aliphatic rings. The average molecular weight is 271 g/mol. The molecule has 19 heavy (non-hydrogen) atoms. The molecule has 6 heteroatoms. The van der Waals surface area contributed by atoms with E-state index in [1.54, 1.807) is 0 Å². The van der Waals surface area contributed by atoms with Gasteiger partial charge in [0.05, 0.1) is 12.5 Å². The second-order valence-electron chi connectivity index (χ2n) is 4.58. The number of carbonyl (C=O) groups is 2. The van der Waals surface area contributed by atoms with E-state index in [1.165, 1.54) is 7.11 Å². The highest BCUT2D eigenvalue weighted by Crippen LogP contribution is 2.29. The third-order valence-electron chi connectivity index (χ3n) is 3.29. The Hall–Kier alpha value is -1.56. The van der Waals surface area contributed by atoms with Crippen LogP contribution >= 0.6 is 0 Å². The van der Waals surface area contributed by atoms with Crippen molar-refractivity contribution >= 4 is 11.9 Å². The Bertz CT molecular complexity index is 355. The first-order valence-electron chi connectivity index (χ1n) is 6.34. The highest BCUT2D eigenvalue weighted by Gasteiger charge is 2.35. The smallest absolute Gasteiger partial charge is 0.355 e. The van der Waals surface area contributed by atoms with Crippen molar-refractivity contribution in [2.75, 3.05) is 13.7 Å². The van der Waals surface area contributed by atoms with Crippen LogP contribution in [0.3, 0.4) is 0 Å². The van der Waals surface area contributed by atoms with Crippen LogP contribution in [0.5, 0.6) is 0 Å². The van der Waals surface area contributed by atoms with Gasteiger partial charge in [-0.1, -0.05) is 13.5 Å². The van der Waals surface area contributed by atoms with E-state index in [0.29, 0.717) is 19.4 Å². The van der Waals surface area contributed by atoms with E-state index in [-0.39, 0.29) is 23.5 Å². The van der Waals surface area contributed by atoms with Crippen molar-refractivity contribution in [3.63, 3.8) is 0 Å². The summed E-state index contributed by atoms with van der Waals surface area (Å²) in [6.45, 7) is 5.68. The van der Waals surface area contributed by atoms with E-state index in [9.17, 15) is 9.59 Å². The Balaban J connectivity index is 2.43. The number of methoxy groups -OCH3 is 1. The van der Waals surface area contributed by atoms with E-state index >= 15 is 0 Å². The molecule has 1 aliphatic heterocycles. The molecule has 1 fully saturated rings. The zero-order valence-electron chi connectivity index (χ0n) is 11.4. The number of nitrogens with two attached hydrogens (primary N) is 1. The second-order valence-corrected chi connectivity index (χ2v) is 4.58. The van der Waals surface area contributed by atoms with Crippen molar-refractivity contribution in [3.8, 4) is 0 Å². The molecule has 0 aliphatic carbocycles. The third kappa shape index (κ3) is 4.24. The Morgan fingerprint density at radius 2 is 2.32 bits per heavy atom. The summed E-state index contributed by atoms with van der Waals surface area (Å²) < 4.78 is 15.1. The first-order valence-corrected chi connectivity index (χ1v) is 6.34. The van der Waals surface area contributed by atoms with Gasteiger partial charge in [0.1, 0.15) is 5.70 Å². The summed E-state index contributed by atoms with van der Waals surface area (Å²) in [7, 11) is 1.45. The number of rotatable bonds is 7. The Labute approximate surface area is 112 Å².